The molecule has 4 aromatic rings. The summed E-state index contributed by atoms with van der Waals surface area (Å²) < 4.78 is 10.9. The van der Waals surface area contributed by atoms with Crippen molar-refractivity contribution >= 4 is 57.4 Å². The minimum absolute atomic E-state index is 0.00609. The molecule has 34 heavy (non-hydrogen) atoms. The van der Waals surface area contributed by atoms with Crippen molar-refractivity contribution in [3.05, 3.63) is 96.6 Å². The number of rotatable bonds is 6. The monoisotopic (exact) mass is 518 g/mol. The summed E-state index contributed by atoms with van der Waals surface area (Å²) in [6.45, 7) is 1.95. The number of hydrogen-bond donors (Lipinski definition) is 1. The summed E-state index contributed by atoms with van der Waals surface area (Å²) >= 11 is 18.0. The molecule has 1 unspecified atom stereocenters. The van der Waals surface area contributed by atoms with E-state index in [1.165, 1.54) is 31.4 Å². The van der Waals surface area contributed by atoms with Gasteiger partial charge in [0.2, 0.25) is 0 Å². The summed E-state index contributed by atoms with van der Waals surface area (Å²) in [6, 6.07) is 12.4. The number of nitro benzene ring substituents is 1. The van der Waals surface area contributed by atoms with Crippen molar-refractivity contribution in [2.24, 2.45) is 0 Å². The fourth-order valence-corrected chi connectivity index (χ4v) is 4.28. The van der Waals surface area contributed by atoms with Crippen LogP contribution in [-0.2, 0) is 0 Å². The highest BCUT2D eigenvalue weighted by atomic mass is 35.5. The Labute approximate surface area is 209 Å². The van der Waals surface area contributed by atoms with Gasteiger partial charge in [0.05, 0.1) is 32.7 Å². The lowest BCUT2D eigenvalue weighted by molar-refractivity contribution is -0.384. The van der Waals surface area contributed by atoms with Crippen molar-refractivity contribution < 1.29 is 19.2 Å². The Hall–Kier alpha value is -3.26. The number of nitrogens with zero attached hydrogens (tertiary/aromatic N) is 1. The molecule has 0 bridgehead atoms. The third kappa shape index (κ3) is 4.55. The predicted molar refractivity (Wildman–Crippen MR) is 132 cm³/mol. The van der Waals surface area contributed by atoms with Gasteiger partial charge in [-0.25, -0.2) is 4.79 Å². The van der Waals surface area contributed by atoms with E-state index >= 15 is 0 Å². The fourth-order valence-electron chi connectivity index (χ4n) is 3.71. The quantitative estimate of drug-likeness (QED) is 0.0940. The summed E-state index contributed by atoms with van der Waals surface area (Å²) in [6.07, 6.45) is 1.81. The Bertz CT molecular complexity index is 1430. The van der Waals surface area contributed by atoms with E-state index in [9.17, 15) is 14.9 Å². The number of nitrogens with one attached hydrogen (secondary N) is 1. The van der Waals surface area contributed by atoms with Gasteiger partial charge in [-0.2, -0.15) is 0 Å². The van der Waals surface area contributed by atoms with Gasteiger partial charge in [0, 0.05) is 46.8 Å². The lowest BCUT2D eigenvalue weighted by atomic mass is 9.91. The predicted octanol–water partition coefficient (Wildman–Crippen LogP) is 7.42. The number of carbonyl (C=O) groups is 1. The third-order valence-corrected chi connectivity index (χ3v) is 6.51. The zero-order valence-corrected chi connectivity index (χ0v) is 20.2. The van der Waals surface area contributed by atoms with Crippen LogP contribution >= 0.6 is 34.8 Å². The van der Waals surface area contributed by atoms with Crippen molar-refractivity contribution in [1.29, 1.82) is 0 Å². The maximum Gasteiger partial charge on any atom is 0.343 e. The molecule has 3 aromatic carbocycles. The smallest absolute Gasteiger partial charge is 0.343 e. The minimum Gasteiger partial charge on any atom is -0.496 e. The molecule has 0 aliphatic heterocycles. The van der Waals surface area contributed by atoms with E-state index in [1.54, 1.807) is 24.3 Å². The van der Waals surface area contributed by atoms with Crippen molar-refractivity contribution in [1.82, 2.24) is 4.98 Å². The van der Waals surface area contributed by atoms with Gasteiger partial charge >= 0.3 is 5.97 Å². The Morgan fingerprint density at radius 2 is 1.71 bits per heavy atom. The molecule has 1 aromatic heterocycles. The zero-order valence-electron chi connectivity index (χ0n) is 17.9. The lowest BCUT2D eigenvalue weighted by Crippen LogP contribution is -2.10. The van der Waals surface area contributed by atoms with Crippen molar-refractivity contribution in [2.75, 3.05) is 7.11 Å². The maximum absolute atomic E-state index is 12.7. The van der Waals surface area contributed by atoms with Gasteiger partial charge in [-0.05, 0) is 29.8 Å². The lowest BCUT2D eigenvalue weighted by Gasteiger charge is -2.16. The number of ether oxygens (including phenoxy) is 2. The van der Waals surface area contributed by atoms with Gasteiger partial charge in [-0.1, -0.05) is 47.8 Å². The Balaban J connectivity index is 1.66. The van der Waals surface area contributed by atoms with Crippen LogP contribution in [0.1, 0.15) is 34.3 Å². The highest BCUT2D eigenvalue weighted by Gasteiger charge is 2.21. The number of aromatic amines is 1. The average molecular weight is 520 g/mol. The van der Waals surface area contributed by atoms with E-state index in [1.807, 2.05) is 13.1 Å². The highest BCUT2D eigenvalue weighted by Crippen LogP contribution is 2.38. The number of methoxy groups -OCH3 is 1. The summed E-state index contributed by atoms with van der Waals surface area (Å²) in [4.78, 5) is 26.7. The van der Waals surface area contributed by atoms with Crippen molar-refractivity contribution in [2.45, 2.75) is 12.8 Å². The molecule has 0 radical (unpaired) electrons. The molecule has 1 N–H and O–H groups in total. The van der Waals surface area contributed by atoms with Crippen LogP contribution in [-0.4, -0.2) is 23.0 Å². The van der Waals surface area contributed by atoms with Gasteiger partial charge in [0.15, 0.2) is 5.75 Å². The second kappa shape index (κ2) is 9.54. The summed E-state index contributed by atoms with van der Waals surface area (Å²) in [5.74, 6) is -0.305. The number of nitro groups is 1. The third-order valence-electron chi connectivity index (χ3n) is 5.49. The molecule has 4 rings (SSSR count). The van der Waals surface area contributed by atoms with E-state index in [2.05, 4.69) is 4.98 Å². The van der Waals surface area contributed by atoms with Gasteiger partial charge in [0.1, 0.15) is 5.75 Å². The van der Waals surface area contributed by atoms with Crippen LogP contribution in [0.4, 0.5) is 5.69 Å². The van der Waals surface area contributed by atoms with Gasteiger partial charge in [-0.3, -0.25) is 10.1 Å². The van der Waals surface area contributed by atoms with Crippen LogP contribution in [0.15, 0.2) is 54.7 Å². The number of aromatic nitrogens is 1. The maximum atomic E-state index is 12.7. The Morgan fingerprint density at radius 1 is 0.971 bits per heavy atom. The van der Waals surface area contributed by atoms with Crippen LogP contribution in [0.25, 0.3) is 10.9 Å². The van der Waals surface area contributed by atoms with Crippen LogP contribution in [0, 0.1) is 10.1 Å². The average Bonchev–Trinajstić information content (AvgIpc) is 3.24. The van der Waals surface area contributed by atoms with E-state index in [4.69, 9.17) is 44.3 Å². The van der Waals surface area contributed by atoms with Crippen LogP contribution in [0.5, 0.6) is 11.5 Å². The Kier molecular flexibility index (Phi) is 6.70. The van der Waals surface area contributed by atoms with E-state index in [-0.39, 0.29) is 38.0 Å². The molecule has 0 amide bonds. The number of esters is 1. The van der Waals surface area contributed by atoms with Crippen LogP contribution in [0.2, 0.25) is 15.1 Å². The summed E-state index contributed by atoms with van der Waals surface area (Å²) in [7, 11) is 1.50. The number of benzene rings is 3. The van der Waals surface area contributed by atoms with Gasteiger partial charge in [-0.15, -0.1) is 0 Å². The van der Waals surface area contributed by atoms with E-state index in [0.717, 1.165) is 22.0 Å². The number of halogens is 3. The van der Waals surface area contributed by atoms with E-state index in [0.29, 0.717) is 5.75 Å². The Morgan fingerprint density at radius 3 is 2.41 bits per heavy atom. The molecule has 174 valence electrons. The summed E-state index contributed by atoms with van der Waals surface area (Å²) in [5.41, 5.74) is 2.68. The standard InChI is InChI=1S/C24H17Cl3N2O5/c1-12(17-11-28-21-6-4-14(29(31)32)8-16(17)21)15-5-3-13(7-22(15)33-2)24(30)34-23-10-19(26)18(25)9-20(23)27/h3-12,28H,1-2H3. The normalized spacial score (nSPS) is 11.9. The number of carbonyl (C=O) groups excluding carboxylic acids is 1. The molecule has 0 spiro atoms. The number of hydrogen-bond acceptors (Lipinski definition) is 5. The molecule has 10 heteroatoms. The topological polar surface area (TPSA) is 94.5 Å². The highest BCUT2D eigenvalue weighted by molar-refractivity contribution is 6.43. The molecule has 0 saturated carbocycles. The second-order valence-electron chi connectivity index (χ2n) is 7.50. The first kappa shape index (κ1) is 23.9. The van der Waals surface area contributed by atoms with Crippen molar-refractivity contribution in [3.8, 4) is 11.5 Å². The first-order chi connectivity index (χ1) is 16.2. The molecular formula is C24H17Cl3N2O5. The zero-order chi connectivity index (χ0) is 24.6. The number of fused-ring (bicyclic) bond motifs is 1. The first-order valence-electron chi connectivity index (χ1n) is 9.99. The first-order valence-corrected chi connectivity index (χ1v) is 11.1. The molecule has 1 atom stereocenters. The van der Waals surface area contributed by atoms with Crippen LogP contribution in [0.3, 0.4) is 0 Å². The molecular weight excluding hydrogens is 503 g/mol. The van der Waals surface area contributed by atoms with Crippen molar-refractivity contribution in [3.63, 3.8) is 0 Å². The fraction of sp³-hybridized carbons (Fsp3) is 0.125. The van der Waals surface area contributed by atoms with Gasteiger partial charge in [0.25, 0.3) is 5.69 Å². The summed E-state index contributed by atoms with van der Waals surface area (Å²) in [5, 5.41) is 12.5. The molecule has 1 heterocycles. The van der Waals surface area contributed by atoms with Gasteiger partial charge < -0.3 is 14.5 Å². The molecule has 0 fully saturated rings. The van der Waals surface area contributed by atoms with Crippen LogP contribution < -0.4 is 9.47 Å². The molecule has 7 nitrogen and oxygen atoms in total. The number of non-ortho nitro benzene ring substituents is 1. The molecule has 0 saturated heterocycles. The molecule has 0 aliphatic rings. The molecule has 0 aliphatic carbocycles. The largest absolute Gasteiger partial charge is 0.496 e. The SMILES string of the molecule is COc1cc(C(=O)Oc2cc(Cl)c(Cl)cc2Cl)ccc1C(C)c1c[nH]c2ccc([N+](=O)[O-])cc12. The second-order valence-corrected chi connectivity index (χ2v) is 8.72. The minimum atomic E-state index is -0.652. The van der Waals surface area contributed by atoms with E-state index < -0.39 is 10.9 Å². The number of H-pyrrole nitrogens is 1.